The van der Waals surface area contributed by atoms with Gasteiger partial charge in [-0.15, -0.1) is 0 Å². The average Bonchev–Trinajstić information content (AvgIpc) is 2.80. The van der Waals surface area contributed by atoms with Gasteiger partial charge in [0.25, 0.3) is 5.91 Å². The first-order valence-corrected chi connectivity index (χ1v) is 11.2. The number of carbonyl (C=O) groups is 2. The van der Waals surface area contributed by atoms with Gasteiger partial charge in [-0.05, 0) is 30.9 Å². The van der Waals surface area contributed by atoms with Crippen molar-refractivity contribution in [1.29, 1.82) is 0 Å². The number of piperazine rings is 1. The molecule has 1 unspecified atom stereocenters. The van der Waals surface area contributed by atoms with E-state index >= 15 is 0 Å². The molecule has 1 aromatic heterocycles. The van der Waals surface area contributed by atoms with E-state index < -0.39 is 6.04 Å². The zero-order valence-corrected chi connectivity index (χ0v) is 18.3. The molecule has 1 aromatic carbocycles. The lowest BCUT2D eigenvalue weighted by Gasteiger charge is -2.39. The highest BCUT2D eigenvalue weighted by Gasteiger charge is 2.30. The van der Waals surface area contributed by atoms with Crippen molar-refractivity contribution in [2.24, 2.45) is 5.73 Å². The molecule has 2 fully saturated rings. The number of aromatic nitrogens is 1. The molecule has 2 amide bonds. The minimum absolute atomic E-state index is 0.00219. The van der Waals surface area contributed by atoms with E-state index in [4.69, 9.17) is 17.3 Å². The number of pyridine rings is 1. The summed E-state index contributed by atoms with van der Waals surface area (Å²) in [7, 11) is 0. The highest BCUT2D eigenvalue weighted by atomic mass is 35.5. The van der Waals surface area contributed by atoms with Gasteiger partial charge < -0.3 is 15.5 Å². The summed E-state index contributed by atoms with van der Waals surface area (Å²) in [5, 5.41) is 0.478. The lowest BCUT2D eigenvalue weighted by molar-refractivity contribution is -0.123. The fraction of sp³-hybridized carbons (Fsp3) is 0.435. The van der Waals surface area contributed by atoms with Gasteiger partial charge >= 0.3 is 0 Å². The second kappa shape index (κ2) is 9.66. The van der Waals surface area contributed by atoms with Crippen LogP contribution in [0.25, 0.3) is 0 Å². The highest BCUT2D eigenvalue weighted by molar-refractivity contribution is 6.33. The number of halogens is 1. The molecule has 0 spiro atoms. The standard InChI is InChI=1S/C23H28ClN5O2/c24-19-15-18(23(31)29-9-5-2-6-10-29)16-26-22(19)28-13-11-27(12-14-28)20(21(25)30)17-7-3-1-4-8-17/h1,3-4,7-8,15-16,20H,2,5-6,9-14H2,(H2,25,30). The zero-order valence-electron chi connectivity index (χ0n) is 17.5. The van der Waals surface area contributed by atoms with E-state index in [1.807, 2.05) is 35.2 Å². The number of piperidine rings is 1. The van der Waals surface area contributed by atoms with Gasteiger partial charge in [0.05, 0.1) is 10.6 Å². The van der Waals surface area contributed by atoms with Gasteiger partial charge in [-0.25, -0.2) is 4.98 Å². The largest absolute Gasteiger partial charge is 0.368 e. The van der Waals surface area contributed by atoms with Crippen LogP contribution >= 0.6 is 11.6 Å². The van der Waals surface area contributed by atoms with Gasteiger partial charge in [0, 0.05) is 45.5 Å². The number of hydrogen-bond donors (Lipinski definition) is 1. The smallest absolute Gasteiger partial charge is 0.255 e. The summed E-state index contributed by atoms with van der Waals surface area (Å²) in [6, 6.07) is 10.9. The number of hydrogen-bond acceptors (Lipinski definition) is 5. The van der Waals surface area contributed by atoms with Crippen LogP contribution in [0.2, 0.25) is 5.02 Å². The van der Waals surface area contributed by atoms with Gasteiger partial charge in [-0.3, -0.25) is 14.5 Å². The molecule has 2 aliphatic heterocycles. The van der Waals surface area contributed by atoms with E-state index in [2.05, 4.69) is 14.8 Å². The molecule has 0 aliphatic carbocycles. The summed E-state index contributed by atoms with van der Waals surface area (Å²) >= 11 is 6.53. The van der Waals surface area contributed by atoms with Crippen LogP contribution in [0.3, 0.4) is 0 Å². The van der Waals surface area contributed by atoms with Gasteiger partial charge in [-0.2, -0.15) is 0 Å². The summed E-state index contributed by atoms with van der Waals surface area (Å²) in [4.78, 5) is 35.4. The molecule has 2 N–H and O–H groups in total. The molecule has 164 valence electrons. The zero-order chi connectivity index (χ0) is 21.8. The van der Waals surface area contributed by atoms with E-state index in [1.54, 1.807) is 12.3 Å². The van der Waals surface area contributed by atoms with E-state index in [0.29, 0.717) is 42.6 Å². The number of benzene rings is 1. The molecule has 3 heterocycles. The summed E-state index contributed by atoms with van der Waals surface area (Å²) in [6.07, 6.45) is 4.89. The third-order valence-corrected chi connectivity index (χ3v) is 6.35. The van der Waals surface area contributed by atoms with Crippen LogP contribution in [0, 0.1) is 0 Å². The Morgan fingerprint density at radius 3 is 2.26 bits per heavy atom. The third kappa shape index (κ3) is 4.83. The van der Waals surface area contributed by atoms with Gasteiger partial charge in [-0.1, -0.05) is 41.9 Å². The fourth-order valence-electron chi connectivity index (χ4n) is 4.44. The van der Waals surface area contributed by atoms with Crippen molar-refractivity contribution < 1.29 is 9.59 Å². The summed E-state index contributed by atoms with van der Waals surface area (Å²) in [6.45, 7) is 4.25. The molecule has 2 aliphatic rings. The van der Waals surface area contributed by atoms with Gasteiger partial charge in [0.1, 0.15) is 11.9 Å². The minimum atomic E-state index is -0.448. The molecule has 7 nitrogen and oxygen atoms in total. The number of primary amides is 1. The van der Waals surface area contributed by atoms with Crippen LogP contribution in [0.5, 0.6) is 0 Å². The minimum Gasteiger partial charge on any atom is -0.368 e. The van der Waals surface area contributed by atoms with Crippen LogP contribution in [0.1, 0.15) is 41.2 Å². The number of nitrogens with zero attached hydrogens (tertiary/aromatic N) is 4. The van der Waals surface area contributed by atoms with Crippen molar-refractivity contribution in [3.05, 3.63) is 58.7 Å². The molecule has 31 heavy (non-hydrogen) atoms. The second-order valence-electron chi connectivity index (χ2n) is 8.12. The lowest BCUT2D eigenvalue weighted by Crippen LogP contribution is -2.50. The van der Waals surface area contributed by atoms with E-state index in [-0.39, 0.29) is 11.8 Å². The van der Waals surface area contributed by atoms with Crippen LogP contribution < -0.4 is 10.6 Å². The maximum atomic E-state index is 12.7. The Hall–Kier alpha value is -2.64. The summed E-state index contributed by atoms with van der Waals surface area (Å²) < 4.78 is 0. The third-order valence-electron chi connectivity index (χ3n) is 6.08. The Kier molecular flexibility index (Phi) is 6.73. The van der Waals surface area contributed by atoms with Crippen LogP contribution in [-0.4, -0.2) is 65.9 Å². The highest BCUT2D eigenvalue weighted by Crippen LogP contribution is 2.28. The monoisotopic (exact) mass is 441 g/mol. The van der Waals surface area contributed by atoms with Crippen molar-refractivity contribution >= 4 is 29.2 Å². The van der Waals surface area contributed by atoms with Gasteiger partial charge in [0.15, 0.2) is 0 Å². The van der Waals surface area contributed by atoms with Crippen LogP contribution in [0.15, 0.2) is 42.6 Å². The first-order chi connectivity index (χ1) is 15.0. The van der Waals surface area contributed by atoms with E-state index in [0.717, 1.165) is 31.5 Å². The Bertz CT molecular complexity index is 925. The molecule has 2 saturated heterocycles. The molecule has 0 saturated carbocycles. The molecule has 0 bridgehead atoms. The number of rotatable bonds is 5. The average molecular weight is 442 g/mol. The van der Waals surface area contributed by atoms with Crippen molar-refractivity contribution in [2.45, 2.75) is 25.3 Å². The molecule has 1 atom stereocenters. The number of likely N-dealkylation sites (tertiary alicyclic amines) is 1. The van der Waals surface area contributed by atoms with Crippen molar-refractivity contribution in [2.75, 3.05) is 44.2 Å². The number of nitrogens with two attached hydrogens (primary N) is 1. The molecule has 4 rings (SSSR count). The molecule has 8 heteroatoms. The topological polar surface area (TPSA) is 82.8 Å². The fourth-order valence-corrected chi connectivity index (χ4v) is 4.73. The molecular formula is C23H28ClN5O2. The van der Waals surface area contributed by atoms with Crippen molar-refractivity contribution in [3.63, 3.8) is 0 Å². The van der Waals surface area contributed by atoms with Crippen molar-refractivity contribution in [1.82, 2.24) is 14.8 Å². The quantitative estimate of drug-likeness (QED) is 0.771. The first-order valence-electron chi connectivity index (χ1n) is 10.8. The predicted molar refractivity (Wildman–Crippen MR) is 121 cm³/mol. The predicted octanol–water partition coefficient (Wildman–Crippen LogP) is 2.71. The van der Waals surface area contributed by atoms with E-state index in [9.17, 15) is 9.59 Å². The summed E-state index contributed by atoms with van der Waals surface area (Å²) in [5.74, 6) is 0.320. The molecule has 0 radical (unpaired) electrons. The summed E-state index contributed by atoms with van der Waals surface area (Å²) in [5.41, 5.74) is 7.15. The Balaban J connectivity index is 1.42. The second-order valence-corrected chi connectivity index (χ2v) is 8.53. The Morgan fingerprint density at radius 2 is 1.65 bits per heavy atom. The molecule has 2 aromatic rings. The maximum absolute atomic E-state index is 12.7. The number of anilines is 1. The lowest BCUT2D eigenvalue weighted by atomic mass is 10.0. The Morgan fingerprint density at radius 1 is 0.968 bits per heavy atom. The van der Waals surface area contributed by atoms with Crippen molar-refractivity contribution in [3.8, 4) is 0 Å². The first kappa shape index (κ1) is 21.6. The van der Waals surface area contributed by atoms with Gasteiger partial charge in [0.2, 0.25) is 5.91 Å². The Labute approximate surface area is 187 Å². The van der Waals surface area contributed by atoms with E-state index in [1.165, 1.54) is 6.42 Å². The SMILES string of the molecule is NC(=O)C(c1ccccc1)N1CCN(c2ncc(C(=O)N3CCCCC3)cc2Cl)CC1. The van der Waals surface area contributed by atoms with Crippen LogP contribution in [0.4, 0.5) is 5.82 Å². The molecular weight excluding hydrogens is 414 g/mol. The van der Waals surface area contributed by atoms with Crippen LogP contribution in [-0.2, 0) is 4.79 Å². The maximum Gasteiger partial charge on any atom is 0.255 e. The normalized spacial score (nSPS) is 18.6. The number of carbonyl (C=O) groups excluding carboxylic acids is 2. The number of amides is 2.